The quantitative estimate of drug-likeness (QED) is 0.221. The first-order valence-electron chi connectivity index (χ1n) is 15.1. The fourth-order valence-electron chi connectivity index (χ4n) is 5.78. The molecular formula is C34H38F2N4O5. The lowest BCUT2D eigenvalue weighted by atomic mass is 9.91. The third-order valence-electron chi connectivity index (χ3n) is 7.79. The number of halogens is 2. The third-order valence-corrected chi connectivity index (χ3v) is 7.79. The van der Waals surface area contributed by atoms with Crippen LogP contribution < -0.4 is 10.1 Å². The van der Waals surface area contributed by atoms with Gasteiger partial charge in [0.05, 0.1) is 17.9 Å². The van der Waals surface area contributed by atoms with E-state index in [1.54, 1.807) is 39.8 Å². The highest BCUT2D eigenvalue weighted by Gasteiger charge is 2.35. The molecule has 0 radical (unpaired) electrons. The van der Waals surface area contributed by atoms with Crippen LogP contribution >= 0.6 is 0 Å². The Morgan fingerprint density at radius 1 is 1.16 bits per heavy atom. The van der Waals surface area contributed by atoms with Crippen LogP contribution in [-0.4, -0.2) is 43.8 Å². The number of aliphatic carboxylic acids is 1. The van der Waals surface area contributed by atoms with E-state index in [2.05, 4.69) is 15.4 Å². The minimum absolute atomic E-state index is 0.0271. The minimum atomic E-state index is -1.47. The predicted octanol–water partition coefficient (Wildman–Crippen LogP) is 6.44. The van der Waals surface area contributed by atoms with Crippen LogP contribution in [0, 0.1) is 25.5 Å². The Morgan fingerprint density at radius 3 is 2.60 bits per heavy atom. The molecule has 238 valence electrons. The van der Waals surface area contributed by atoms with E-state index in [9.17, 15) is 19.1 Å². The van der Waals surface area contributed by atoms with Crippen molar-refractivity contribution in [3.05, 3.63) is 81.2 Å². The van der Waals surface area contributed by atoms with Crippen molar-refractivity contribution in [2.24, 2.45) is 0 Å². The number of aromatic nitrogens is 3. The molecule has 2 aromatic carbocycles. The molecule has 5 rings (SSSR count). The molecule has 3 heterocycles. The summed E-state index contributed by atoms with van der Waals surface area (Å²) in [7, 11) is 0. The Labute approximate surface area is 260 Å². The van der Waals surface area contributed by atoms with E-state index in [0.717, 1.165) is 12.0 Å². The summed E-state index contributed by atoms with van der Waals surface area (Å²) >= 11 is 0. The zero-order valence-electron chi connectivity index (χ0n) is 26.4. The molecular weight excluding hydrogens is 582 g/mol. The van der Waals surface area contributed by atoms with Crippen molar-refractivity contribution in [2.75, 3.05) is 6.61 Å². The van der Waals surface area contributed by atoms with Crippen LogP contribution in [0.25, 0.3) is 16.9 Å². The highest BCUT2D eigenvalue weighted by molar-refractivity contribution is 5.93. The Bertz CT molecular complexity index is 1790. The van der Waals surface area contributed by atoms with Crippen LogP contribution in [0.5, 0.6) is 5.75 Å². The number of benzene rings is 2. The van der Waals surface area contributed by atoms with Gasteiger partial charge in [0, 0.05) is 35.0 Å². The second-order valence-electron chi connectivity index (χ2n) is 12.4. The zero-order valence-corrected chi connectivity index (χ0v) is 26.4. The van der Waals surface area contributed by atoms with E-state index in [1.807, 2.05) is 13.8 Å². The Balaban J connectivity index is 1.65. The summed E-state index contributed by atoms with van der Waals surface area (Å²) < 4.78 is 42.8. The topological polar surface area (TPSA) is 115 Å². The van der Waals surface area contributed by atoms with Gasteiger partial charge in [-0.15, -0.1) is 0 Å². The fourth-order valence-corrected chi connectivity index (χ4v) is 5.78. The van der Waals surface area contributed by atoms with E-state index in [-0.39, 0.29) is 40.7 Å². The van der Waals surface area contributed by atoms with Gasteiger partial charge in [0.15, 0.2) is 29.0 Å². The molecule has 1 aliphatic rings. The second kappa shape index (κ2) is 12.5. The largest absolute Gasteiger partial charge is 0.490 e. The summed E-state index contributed by atoms with van der Waals surface area (Å²) in [5.74, 6) is -2.42. The molecule has 0 saturated heterocycles. The highest BCUT2D eigenvalue weighted by atomic mass is 19.1. The molecule has 2 N–H and O–H groups in total. The summed E-state index contributed by atoms with van der Waals surface area (Å²) in [6.07, 6.45) is 1.20. The van der Waals surface area contributed by atoms with Crippen LogP contribution in [0.15, 0.2) is 30.3 Å². The maximum absolute atomic E-state index is 15.6. The molecule has 0 unspecified atom stereocenters. The number of carboxylic acids is 1. The molecule has 45 heavy (non-hydrogen) atoms. The van der Waals surface area contributed by atoms with E-state index in [0.29, 0.717) is 53.8 Å². The predicted molar refractivity (Wildman–Crippen MR) is 164 cm³/mol. The molecule has 0 aliphatic carbocycles. The maximum atomic E-state index is 15.6. The average molecular weight is 621 g/mol. The van der Waals surface area contributed by atoms with Crippen LogP contribution in [0.4, 0.5) is 8.78 Å². The number of fused-ring (bicyclic) bond motifs is 2. The van der Waals surface area contributed by atoms with Gasteiger partial charge in [-0.2, -0.15) is 5.10 Å². The molecule has 4 aromatic rings. The molecule has 0 saturated carbocycles. The number of carbonyl (C=O) groups is 2. The molecule has 2 aromatic heterocycles. The molecule has 11 heteroatoms. The number of carbonyl (C=O) groups excluding carboxylic acids is 1. The molecule has 0 bridgehead atoms. The molecule has 1 atom stereocenters. The van der Waals surface area contributed by atoms with Crippen molar-refractivity contribution in [1.29, 1.82) is 0 Å². The average Bonchev–Trinajstić information content (AvgIpc) is 3.41. The third kappa shape index (κ3) is 6.54. The van der Waals surface area contributed by atoms with Crippen molar-refractivity contribution in [2.45, 2.75) is 85.5 Å². The van der Waals surface area contributed by atoms with Gasteiger partial charge in [0.25, 0.3) is 5.91 Å². The SMILES string of the molecule is CCCc1cc(CNC(=O)c2cc3nc(C)c([C@H](OC(C)(C)C)C(=O)O)c(-c4cc(F)c5c(c4C)CCCO5)n3n2)ccc1F. The number of nitrogens with zero attached hydrogens (tertiary/aromatic N) is 3. The van der Waals surface area contributed by atoms with E-state index >= 15 is 4.39 Å². The van der Waals surface area contributed by atoms with Crippen LogP contribution in [0.2, 0.25) is 0 Å². The number of nitrogens with one attached hydrogen (secondary N) is 1. The lowest BCUT2D eigenvalue weighted by Crippen LogP contribution is -2.29. The smallest absolute Gasteiger partial charge is 0.337 e. The van der Waals surface area contributed by atoms with Crippen molar-refractivity contribution in [1.82, 2.24) is 19.9 Å². The number of rotatable bonds is 9. The first-order valence-corrected chi connectivity index (χ1v) is 15.1. The van der Waals surface area contributed by atoms with Crippen molar-refractivity contribution in [3.63, 3.8) is 0 Å². The normalized spacial score (nSPS) is 13.8. The van der Waals surface area contributed by atoms with Crippen LogP contribution in [-0.2, 0) is 28.9 Å². The fraction of sp³-hybridized carbons (Fsp3) is 0.412. The zero-order chi connectivity index (χ0) is 32.6. The van der Waals surface area contributed by atoms with Crippen LogP contribution in [0.3, 0.4) is 0 Å². The summed E-state index contributed by atoms with van der Waals surface area (Å²) in [6, 6.07) is 7.55. The van der Waals surface area contributed by atoms with Crippen molar-refractivity contribution in [3.8, 4) is 17.0 Å². The molecule has 0 fully saturated rings. The lowest BCUT2D eigenvalue weighted by molar-refractivity contribution is -0.160. The molecule has 9 nitrogen and oxygen atoms in total. The van der Waals surface area contributed by atoms with Gasteiger partial charge >= 0.3 is 5.97 Å². The highest BCUT2D eigenvalue weighted by Crippen LogP contribution is 2.41. The standard InChI is InChI=1S/C34H38F2N4O5/c1-7-9-21-14-20(11-12-24(21)35)17-37-32(41)26-16-27-38-19(3)28(31(33(42)43)45-34(4,5)6)29(40(27)39-26)23-15-25(36)30-22(18(23)2)10-8-13-44-30/h11-12,14-16,31H,7-10,13,17H2,1-6H3,(H,37,41)(H,42,43)/t31-/m0/s1. The minimum Gasteiger partial charge on any atom is -0.490 e. The van der Waals surface area contributed by atoms with Gasteiger partial charge in [-0.05, 0) is 82.7 Å². The maximum Gasteiger partial charge on any atom is 0.337 e. The summed E-state index contributed by atoms with van der Waals surface area (Å²) in [5.41, 5.74) is 3.38. The summed E-state index contributed by atoms with van der Waals surface area (Å²) in [5, 5.41) is 17.7. The van der Waals surface area contributed by atoms with Gasteiger partial charge in [0.2, 0.25) is 0 Å². The van der Waals surface area contributed by atoms with Crippen molar-refractivity contribution >= 4 is 17.5 Å². The van der Waals surface area contributed by atoms with Crippen LogP contribution in [0.1, 0.15) is 90.6 Å². The molecule has 1 aliphatic heterocycles. The number of hydrogen-bond donors (Lipinski definition) is 2. The first-order chi connectivity index (χ1) is 21.3. The van der Waals surface area contributed by atoms with Gasteiger partial charge < -0.3 is 19.9 Å². The second-order valence-corrected chi connectivity index (χ2v) is 12.4. The lowest BCUT2D eigenvalue weighted by Gasteiger charge is -2.28. The van der Waals surface area contributed by atoms with E-state index < -0.39 is 29.4 Å². The number of amides is 1. The molecule has 1 amide bonds. The van der Waals surface area contributed by atoms with Gasteiger partial charge in [0.1, 0.15) is 5.82 Å². The van der Waals surface area contributed by atoms with E-state index in [4.69, 9.17) is 9.47 Å². The number of aryl methyl sites for hydroxylation is 2. The van der Waals surface area contributed by atoms with Gasteiger partial charge in [-0.1, -0.05) is 25.5 Å². The summed E-state index contributed by atoms with van der Waals surface area (Å²) in [4.78, 5) is 30.6. The number of carboxylic acid groups (broad SMARTS) is 1. The Kier molecular flexibility index (Phi) is 8.93. The van der Waals surface area contributed by atoms with Crippen molar-refractivity contribution < 1.29 is 33.0 Å². The van der Waals surface area contributed by atoms with Gasteiger partial charge in [-0.25, -0.2) is 23.1 Å². The van der Waals surface area contributed by atoms with Gasteiger partial charge in [-0.3, -0.25) is 4.79 Å². The van der Waals surface area contributed by atoms with E-state index in [1.165, 1.54) is 22.7 Å². The Hall–Kier alpha value is -4.38. The molecule has 0 spiro atoms. The first kappa shape index (κ1) is 32.0. The summed E-state index contributed by atoms with van der Waals surface area (Å²) in [6.45, 7) is 11.2. The number of ether oxygens (including phenoxy) is 2. The monoisotopic (exact) mass is 620 g/mol. The Morgan fingerprint density at radius 2 is 1.91 bits per heavy atom. The number of hydrogen-bond acceptors (Lipinski definition) is 6.